The Bertz CT molecular complexity index is 380. The number of aliphatic hydroxyl groups excluding tert-OH is 1. The zero-order valence-corrected chi connectivity index (χ0v) is 12.0. The van der Waals surface area contributed by atoms with Gasteiger partial charge in [0, 0.05) is 32.1 Å². The summed E-state index contributed by atoms with van der Waals surface area (Å²) in [6.07, 6.45) is 1.17. The van der Waals surface area contributed by atoms with Crippen molar-refractivity contribution in [3.8, 4) is 0 Å². The summed E-state index contributed by atoms with van der Waals surface area (Å²) in [5.41, 5.74) is 0. The number of carboxylic acids is 1. The Balaban J connectivity index is 1.96. The molecule has 0 unspecified atom stereocenters. The lowest BCUT2D eigenvalue weighted by molar-refractivity contribution is -0.141. The number of hydrogen-bond donors (Lipinski definition) is 2. The molecule has 0 aromatic rings. The SMILES string of the molecule is CN(C)C1CCN(C(=O)N2C[C@@H](O)C[C@H]2C(=O)O)CC1. The summed E-state index contributed by atoms with van der Waals surface area (Å²) in [7, 11) is 4.05. The van der Waals surface area contributed by atoms with Crippen LogP contribution in [0.25, 0.3) is 0 Å². The second-order valence-corrected chi connectivity index (χ2v) is 5.86. The molecule has 2 heterocycles. The fourth-order valence-electron chi connectivity index (χ4n) is 3.01. The number of aliphatic hydroxyl groups is 1. The number of piperidine rings is 1. The lowest BCUT2D eigenvalue weighted by atomic mass is 10.0. The average molecular weight is 285 g/mol. The van der Waals surface area contributed by atoms with Crippen molar-refractivity contribution in [3.05, 3.63) is 0 Å². The number of carbonyl (C=O) groups is 2. The van der Waals surface area contributed by atoms with Gasteiger partial charge in [0.15, 0.2) is 0 Å². The lowest BCUT2D eigenvalue weighted by Crippen LogP contribution is -2.52. The van der Waals surface area contributed by atoms with Gasteiger partial charge in [-0.05, 0) is 26.9 Å². The molecule has 0 aromatic carbocycles. The van der Waals surface area contributed by atoms with E-state index < -0.39 is 18.1 Å². The molecule has 2 N–H and O–H groups in total. The van der Waals surface area contributed by atoms with Crippen molar-refractivity contribution in [2.24, 2.45) is 0 Å². The summed E-state index contributed by atoms with van der Waals surface area (Å²) >= 11 is 0. The van der Waals surface area contributed by atoms with Gasteiger partial charge in [0.05, 0.1) is 6.10 Å². The van der Waals surface area contributed by atoms with Gasteiger partial charge in [0.25, 0.3) is 0 Å². The number of β-amino-alcohol motifs (C(OH)–C–C–N with tert-alkyl or cyclic N) is 1. The highest BCUT2D eigenvalue weighted by Gasteiger charge is 2.41. The van der Waals surface area contributed by atoms with Gasteiger partial charge in [-0.2, -0.15) is 0 Å². The molecule has 0 radical (unpaired) electrons. The largest absolute Gasteiger partial charge is 0.480 e. The summed E-state index contributed by atoms with van der Waals surface area (Å²) in [6.45, 7) is 1.39. The first-order chi connectivity index (χ1) is 9.40. The highest BCUT2D eigenvalue weighted by atomic mass is 16.4. The van der Waals surface area contributed by atoms with Gasteiger partial charge < -0.3 is 24.9 Å². The van der Waals surface area contributed by atoms with Crippen LogP contribution in [0.2, 0.25) is 0 Å². The van der Waals surface area contributed by atoms with Gasteiger partial charge in [-0.1, -0.05) is 0 Å². The van der Waals surface area contributed by atoms with E-state index in [1.54, 1.807) is 4.90 Å². The zero-order chi connectivity index (χ0) is 14.9. The predicted octanol–water partition coefficient (Wildman–Crippen LogP) is -0.348. The molecule has 114 valence electrons. The van der Waals surface area contributed by atoms with Crippen LogP contribution in [0.1, 0.15) is 19.3 Å². The minimum atomic E-state index is -1.04. The number of nitrogens with zero attached hydrogens (tertiary/aromatic N) is 3. The maximum atomic E-state index is 12.4. The number of rotatable bonds is 2. The van der Waals surface area contributed by atoms with Crippen LogP contribution in [0.5, 0.6) is 0 Å². The van der Waals surface area contributed by atoms with Crippen LogP contribution >= 0.6 is 0 Å². The third kappa shape index (κ3) is 3.04. The van der Waals surface area contributed by atoms with Crippen LogP contribution in [0, 0.1) is 0 Å². The molecule has 7 heteroatoms. The van der Waals surface area contributed by atoms with Gasteiger partial charge in [0.2, 0.25) is 0 Å². The molecule has 0 aliphatic carbocycles. The molecular weight excluding hydrogens is 262 g/mol. The van der Waals surface area contributed by atoms with Crippen LogP contribution in [0.3, 0.4) is 0 Å². The Hall–Kier alpha value is -1.34. The molecule has 20 heavy (non-hydrogen) atoms. The zero-order valence-electron chi connectivity index (χ0n) is 12.0. The van der Waals surface area contributed by atoms with Gasteiger partial charge in [-0.15, -0.1) is 0 Å². The van der Waals surface area contributed by atoms with E-state index in [0.29, 0.717) is 19.1 Å². The molecule has 2 fully saturated rings. The molecule has 7 nitrogen and oxygen atoms in total. The van der Waals surface area contributed by atoms with Crippen molar-refractivity contribution < 1.29 is 19.8 Å². The van der Waals surface area contributed by atoms with Gasteiger partial charge >= 0.3 is 12.0 Å². The van der Waals surface area contributed by atoms with Crippen LogP contribution in [0.4, 0.5) is 4.79 Å². The number of aliphatic carboxylic acids is 1. The maximum Gasteiger partial charge on any atom is 0.326 e. The van der Waals surface area contributed by atoms with Crippen molar-refractivity contribution in [1.29, 1.82) is 0 Å². The fourth-order valence-corrected chi connectivity index (χ4v) is 3.01. The summed E-state index contributed by atoms with van der Waals surface area (Å²) < 4.78 is 0. The Morgan fingerprint density at radius 1 is 1.20 bits per heavy atom. The number of hydrogen-bond acceptors (Lipinski definition) is 4. The predicted molar refractivity (Wildman–Crippen MR) is 72.4 cm³/mol. The second-order valence-electron chi connectivity index (χ2n) is 5.86. The summed E-state index contributed by atoms with van der Waals surface area (Å²) in [5, 5.41) is 18.7. The third-order valence-electron chi connectivity index (χ3n) is 4.28. The Morgan fingerprint density at radius 3 is 2.30 bits per heavy atom. The molecule has 0 spiro atoms. The number of amides is 2. The number of carbonyl (C=O) groups excluding carboxylic acids is 1. The molecule has 2 saturated heterocycles. The first-order valence-electron chi connectivity index (χ1n) is 7.03. The molecule has 2 aliphatic rings. The van der Waals surface area contributed by atoms with E-state index in [1.165, 1.54) is 4.90 Å². The first kappa shape index (κ1) is 15.1. The molecule has 2 rings (SSSR count). The monoisotopic (exact) mass is 285 g/mol. The van der Waals surface area contributed by atoms with E-state index >= 15 is 0 Å². The summed E-state index contributed by atoms with van der Waals surface area (Å²) in [5.74, 6) is -1.04. The molecule has 2 amide bonds. The molecule has 0 bridgehead atoms. The molecule has 0 saturated carbocycles. The van der Waals surface area contributed by atoms with Crippen molar-refractivity contribution in [2.75, 3.05) is 33.7 Å². The van der Waals surface area contributed by atoms with E-state index in [2.05, 4.69) is 4.90 Å². The Morgan fingerprint density at radius 2 is 1.80 bits per heavy atom. The molecule has 0 aromatic heterocycles. The standard InChI is InChI=1S/C13H23N3O4/c1-14(2)9-3-5-15(6-4-9)13(20)16-8-10(17)7-11(16)12(18)19/h9-11,17H,3-8H2,1-2H3,(H,18,19)/t10-,11-/m0/s1. The van der Waals surface area contributed by atoms with E-state index in [9.17, 15) is 14.7 Å². The summed E-state index contributed by atoms with van der Waals surface area (Å²) in [6, 6.07) is -0.686. The highest BCUT2D eigenvalue weighted by Crippen LogP contribution is 2.22. The van der Waals surface area contributed by atoms with Crippen LogP contribution in [-0.4, -0.2) is 88.8 Å². The normalized spacial score (nSPS) is 28.2. The molecule has 2 atom stereocenters. The Labute approximate surface area is 118 Å². The fraction of sp³-hybridized carbons (Fsp3) is 0.846. The van der Waals surface area contributed by atoms with E-state index in [0.717, 1.165) is 12.8 Å². The minimum absolute atomic E-state index is 0.114. The van der Waals surface area contributed by atoms with E-state index in [-0.39, 0.29) is 19.0 Å². The van der Waals surface area contributed by atoms with Gasteiger partial charge in [-0.3, -0.25) is 0 Å². The second kappa shape index (κ2) is 5.97. The number of urea groups is 1. The van der Waals surface area contributed by atoms with Crippen molar-refractivity contribution in [2.45, 2.75) is 37.5 Å². The van der Waals surface area contributed by atoms with Gasteiger partial charge in [-0.25, -0.2) is 9.59 Å². The number of likely N-dealkylation sites (tertiary alicyclic amines) is 2. The van der Waals surface area contributed by atoms with Gasteiger partial charge in [0.1, 0.15) is 6.04 Å². The van der Waals surface area contributed by atoms with E-state index in [4.69, 9.17) is 5.11 Å². The highest BCUT2D eigenvalue weighted by molar-refractivity contribution is 5.83. The number of carboxylic acid groups (broad SMARTS) is 1. The molecule has 2 aliphatic heterocycles. The van der Waals surface area contributed by atoms with Crippen LogP contribution in [0.15, 0.2) is 0 Å². The lowest BCUT2D eigenvalue weighted by Gasteiger charge is -2.37. The van der Waals surface area contributed by atoms with Crippen molar-refractivity contribution in [1.82, 2.24) is 14.7 Å². The maximum absolute atomic E-state index is 12.4. The smallest absolute Gasteiger partial charge is 0.326 e. The van der Waals surface area contributed by atoms with E-state index in [1.807, 2.05) is 14.1 Å². The average Bonchev–Trinajstić information content (AvgIpc) is 2.80. The van der Waals surface area contributed by atoms with Crippen molar-refractivity contribution in [3.63, 3.8) is 0 Å². The van der Waals surface area contributed by atoms with Crippen LogP contribution in [-0.2, 0) is 4.79 Å². The quantitative estimate of drug-likeness (QED) is 0.724. The van der Waals surface area contributed by atoms with Crippen molar-refractivity contribution >= 4 is 12.0 Å². The third-order valence-corrected chi connectivity index (χ3v) is 4.28. The molecular formula is C13H23N3O4. The summed E-state index contributed by atoms with van der Waals surface area (Å²) in [4.78, 5) is 28.7. The van der Waals surface area contributed by atoms with Crippen LogP contribution < -0.4 is 0 Å². The first-order valence-corrected chi connectivity index (χ1v) is 7.03. The minimum Gasteiger partial charge on any atom is -0.480 e. The topological polar surface area (TPSA) is 84.3 Å². The Kier molecular flexibility index (Phi) is 4.49.